The molecular weight excluding hydrogens is 464 g/mol. The van der Waals surface area contributed by atoms with Gasteiger partial charge >= 0.3 is 11.9 Å². The highest BCUT2D eigenvalue weighted by molar-refractivity contribution is 5.95. The van der Waals surface area contributed by atoms with Gasteiger partial charge in [0.2, 0.25) is 0 Å². The van der Waals surface area contributed by atoms with Crippen LogP contribution >= 0.6 is 0 Å². The zero-order valence-electron chi connectivity index (χ0n) is 24.3. The number of hydrogen-bond acceptors (Lipinski definition) is 4. The van der Waals surface area contributed by atoms with Crippen molar-refractivity contribution in [2.45, 2.75) is 119 Å². The first-order valence-corrected chi connectivity index (χ1v) is 14.6. The van der Waals surface area contributed by atoms with E-state index in [0.29, 0.717) is 18.8 Å². The van der Waals surface area contributed by atoms with Crippen LogP contribution in [0.25, 0.3) is 0 Å². The Morgan fingerprint density at radius 1 is 0.919 bits per heavy atom. The van der Waals surface area contributed by atoms with Crippen molar-refractivity contribution < 1.29 is 24.2 Å². The quantitative estimate of drug-likeness (QED) is 0.404. The molecule has 5 aliphatic carbocycles. The molecule has 0 unspecified atom stereocenters. The molecule has 5 aliphatic rings. The normalized spacial score (nSPS) is 50.5. The van der Waals surface area contributed by atoms with Crippen LogP contribution < -0.4 is 0 Å². The van der Waals surface area contributed by atoms with Gasteiger partial charge in [0, 0.05) is 18.3 Å². The predicted octanol–water partition coefficient (Wildman–Crippen LogP) is 6.98. The lowest BCUT2D eigenvalue weighted by Crippen LogP contribution is -2.66. The average molecular weight is 513 g/mol. The molecule has 5 nitrogen and oxygen atoms in total. The molecule has 0 amide bonds. The fourth-order valence-electron chi connectivity index (χ4n) is 10.8. The maximum absolute atomic E-state index is 14.4. The molecule has 5 rings (SSSR count). The molecule has 0 aromatic heterocycles. The summed E-state index contributed by atoms with van der Waals surface area (Å²) in [6.45, 7) is 17.4. The minimum absolute atomic E-state index is 0.0644. The first kappa shape index (κ1) is 26.9. The number of ketones is 1. The smallest absolute Gasteiger partial charge is 0.309 e. The average Bonchev–Trinajstić information content (AvgIpc) is 2.78. The van der Waals surface area contributed by atoms with Crippen LogP contribution in [-0.2, 0) is 19.1 Å². The Labute approximate surface area is 223 Å². The van der Waals surface area contributed by atoms with Crippen molar-refractivity contribution >= 4 is 17.7 Å². The molecule has 0 aromatic carbocycles. The second-order valence-corrected chi connectivity index (χ2v) is 15.5. The summed E-state index contributed by atoms with van der Waals surface area (Å²) in [5.41, 5.74) is -0.0327. The molecule has 4 saturated carbocycles. The summed E-state index contributed by atoms with van der Waals surface area (Å²) in [6, 6.07) is 0. The van der Waals surface area contributed by atoms with E-state index in [1.807, 2.05) is 13.0 Å². The van der Waals surface area contributed by atoms with Gasteiger partial charge < -0.3 is 9.84 Å². The minimum atomic E-state index is -0.729. The summed E-state index contributed by atoms with van der Waals surface area (Å²) in [5, 5.41) is 10.1. The summed E-state index contributed by atoms with van der Waals surface area (Å²) in [7, 11) is 0. The summed E-state index contributed by atoms with van der Waals surface area (Å²) < 4.78 is 5.82. The van der Waals surface area contributed by atoms with E-state index in [9.17, 15) is 19.5 Å². The number of carboxylic acids is 1. The van der Waals surface area contributed by atoms with E-state index in [4.69, 9.17) is 4.74 Å². The van der Waals surface area contributed by atoms with Gasteiger partial charge in [-0.3, -0.25) is 14.4 Å². The number of allylic oxidation sites excluding steroid dienone is 2. The Kier molecular flexibility index (Phi) is 5.78. The topological polar surface area (TPSA) is 80.7 Å². The van der Waals surface area contributed by atoms with Crippen LogP contribution in [0, 0.1) is 50.2 Å². The number of esters is 1. The Morgan fingerprint density at radius 2 is 1.57 bits per heavy atom. The van der Waals surface area contributed by atoms with E-state index in [1.165, 1.54) is 12.5 Å². The SMILES string of the molecule is CC(=O)O[C@H]1CC[C@@]2(C)[C@H](CC[C@]3(C)[C@@H]2C(=O)C=C2[C@@H]4C[C@@](C)(C(=O)O)CC[C@]4(C)CC[C@]23C)C1(C)C. The number of carboxylic acid groups (broad SMARTS) is 1. The summed E-state index contributed by atoms with van der Waals surface area (Å²) in [4.78, 5) is 38.5. The van der Waals surface area contributed by atoms with Crippen LogP contribution in [0.15, 0.2) is 11.6 Å². The molecule has 0 aliphatic heterocycles. The van der Waals surface area contributed by atoms with Crippen molar-refractivity contribution in [3.63, 3.8) is 0 Å². The van der Waals surface area contributed by atoms with Crippen molar-refractivity contribution in [1.82, 2.24) is 0 Å². The standard InChI is InChI=1S/C32H48O5/c1-19(33)37-24-10-11-30(6)23(27(24,2)3)9-12-32(8)25(30)22(34)17-20-21-18-29(5,26(35)36)14-13-28(21,4)15-16-31(20,32)7/h17,21,23-25H,9-16,18H2,1-8H3,(H,35,36)/t21-,23+,24-,25+,28+,29-,30-,31+,32+/m0/s1. The molecule has 0 aromatic rings. The van der Waals surface area contributed by atoms with Crippen molar-refractivity contribution in [2.24, 2.45) is 50.2 Å². The maximum Gasteiger partial charge on any atom is 0.309 e. The maximum atomic E-state index is 14.4. The zero-order valence-corrected chi connectivity index (χ0v) is 24.3. The highest BCUT2D eigenvalue weighted by Crippen LogP contribution is 2.75. The largest absolute Gasteiger partial charge is 0.481 e. The van der Waals surface area contributed by atoms with Crippen LogP contribution in [0.1, 0.15) is 113 Å². The number of fused-ring (bicyclic) bond motifs is 7. The van der Waals surface area contributed by atoms with Crippen LogP contribution in [0.4, 0.5) is 0 Å². The molecule has 206 valence electrons. The molecule has 0 saturated heterocycles. The molecule has 5 heteroatoms. The van der Waals surface area contributed by atoms with Gasteiger partial charge in [0.25, 0.3) is 0 Å². The minimum Gasteiger partial charge on any atom is -0.481 e. The molecule has 0 bridgehead atoms. The van der Waals surface area contributed by atoms with E-state index in [-0.39, 0.29) is 56.8 Å². The van der Waals surface area contributed by atoms with Crippen LogP contribution in [0.2, 0.25) is 0 Å². The third-order valence-electron chi connectivity index (χ3n) is 13.3. The second-order valence-electron chi connectivity index (χ2n) is 15.5. The van der Waals surface area contributed by atoms with Gasteiger partial charge in [-0.1, -0.05) is 47.1 Å². The lowest BCUT2D eigenvalue weighted by atomic mass is 9.33. The van der Waals surface area contributed by atoms with Gasteiger partial charge in [0.1, 0.15) is 6.10 Å². The monoisotopic (exact) mass is 512 g/mol. The highest BCUT2D eigenvalue weighted by Gasteiger charge is 2.70. The second kappa shape index (κ2) is 7.94. The zero-order chi connectivity index (χ0) is 27.4. The Bertz CT molecular complexity index is 1070. The number of carbonyl (C=O) groups excluding carboxylic acids is 2. The number of aliphatic carboxylic acids is 1. The van der Waals surface area contributed by atoms with Gasteiger partial charge in [0.15, 0.2) is 5.78 Å². The van der Waals surface area contributed by atoms with Gasteiger partial charge in [-0.2, -0.15) is 0 Å². The van der Waals surface area contributed by atoms with Crippen LogP contribution in [-0.4, -0.2) is 28.9 Å². The molecule has 1 N–H and O–H groups in total. The van der Waals surface area contributed by atoms with Crippen LogP contribution in [0.5, 0.6) is 0 Å². The van der Waals surface area contributed by atoms with E-state index < -0.39 is 11.4 Å². The number of carbonyl (C=O) groups is 3. The molecule has 0 spiro atoms. The fraction of sp³-hybridized carbons (Fsp3) is 0.844. The summed E-state index contributed by atoms with van der Waals surface area (Å²) in [6.07, 6.45) is 10.0. The Hall–Kier alpha value is -1.65. The molecule has 9 atom stereocenters. The van der Waals surface area contributed by atoms with Crippen molar-refractivity contribution in [3.05, 3.63) is 11.6 Å². The van der Waals surface area contributed by atoms with Crippen molar-refractivity contribution in [1.29, 1.82) is 0 Å². The third kappa shape index (κ3) is 3.43. The van der Waals surface area contributed by atoms with Crippen LogP contribution in [0.3, 0.4) is 0 Å². The van der Waals surface area contributed by atoms with E-state index >= 15 is 0 Å². The third-order valence-corrected chi connectivity index (χ3v) is 13.3. The first-order chi connectivity index (χ1) is 16.9. The Balaban J connectivity index is 1.58. The van der Waals surface area contributed by atoms with Gasteiger partial charge in [-0.05, 0) is 104 Å². The van der Waals surface area contributed by atoms with E-state index in [2.05, 4.69) is 41.5 Å². The first-order valence-electron chi connectivity index (χ1n) is 14.6. The van der Waals surface area contributed by atoms with Crippen molar-refractivity contribution in [3.8, 4) is 0 Å². The lowest BCUT2D eigenvalue weighted by molar-refractivity contribution is -0.210. The number of hydrogen-bond donors (Lipinski definition) is 1. The molecular formula is C32H48O5. The van der Waals surface area contributed by atoms with E-state index in [1.54, 1.807) is 0 Å². The van der Waals surface area contributed by atoms with Gasteiger partial charge in [-0.25, -0.2) is 0 Å². The number of rotatable bonds is 2. The predicted molar refractivity (Wildman–Crippen MR) is 143 cm³/mol. The lowest BCUT2D eigenvalue weighted by Gasteiger charge is -2.70. The van der Waals surface area contributed by atoms with Gasteiger partial charge in [-0.15, -0.1) is 0 Å². The fourth-order valence-corrected chi connectivity index (χ4v) is 10.8. The summed E-state index contributed by atoms with van der Waals surface area (Å²) >= 11 is 0. The molecule has 37 heavy (non-hydrogen) atoms. The van der Waals surface area contributed by atoms with Gasteiger partial charge in [0.05, 0.1) is 5.41 Å². The summed E-state index contributed by atoms with van der Waals surface area (Å²) in [5.74, 6) is -0.280. The Morgan fingerprint density at radius 3 is 2.19 bits per heavy atom. The van der Waals surface area contributed by atoms with Crippen molar-refractivity contribution in [2.75, 3.05) is 0 Å². The molecule has 0 heterocycles. The highest BCUT2D eigenvalue weighted by atomic mass is 16.5. The number of ether oxygens (including phenoxy) is 1. The molecule has 0 radical (unpaired) electrons. The molecule has 4 fully saturated rings. The van der Waals surface area contributed by atoms with E-state index in [0.717, 1.165) is 44.9 Å².